The van der Waals surface area contributed by atoms with Gasteiger partial charge in [-0.25, -0.2) is 14.6 Å². The van der Waals surface area contributed by atoms with Gasteiger partial charge in [0.2, 0.25) is 11.1 Å². The van der Waals surface area contributed by atoms with Crippen LogP contribution in [0.15, 0.2) is 84.0 Å². The summed E-state index contributed by atoms with van der Waals surface area (Å²) in [4.78, 5) is 43.3. The maximum absolute atomic E-state index is 14.5. The highest BCUT2D eigenvalue weighted by molar-refractivity contribution is 8.20. The number of aromatic nitrogens is 2. The van der Waals surface area contributed by atoms with E-state index in [0.717, 1.165) is 30.6 Å². The number of anilines is 2. The normalized spacial score (nSPS) is 17.7. The largest absolute Gasteiger partial charge is 0.497 e. The van der Waals surface area contributed by atoms with E-state index in [1.54, 1.807) is 24.3 Å². The molecular weight excluding hydrogens is 1030 g/mol. The van der Waals surface area contributed by atoms with Crippen LogP contribution in [-0.2, 0) is 30.8 Å². The molecule has 381 valence electrons. The van der Waals surface area contributed by atoms with E-state index in [4.69, 9.17) is 89.8 Å². The summed E-state index contributed by atoms with van der Waals surface area (Å²) in [6.07, 6.45) is -10.6. The summed E-state index contributed by atoms with van der Waals surface area (Å²) in [5.41, 5.74) is -4.29. The Balaban J connectivity index is 0.000000202. The Morgan fingerprint density at radius 1 is 0.707 bits per heavy atom. The molecule has 8 rings (SSSR count). The zero-order chi connectivity index (χ0) is 60.6. The smallest absolute Gasteiger partial charge is 0.427 e. The van der Waals surface area contributed by atoms with Crippen LogP contribution in [0.2, 0.25) is 0 Å². The number of methoxy groups -OCH3 is 1. The van der Waals surface area contributed by atoms with Gasteiger partial charge in [-0.3, -0.25) is 19.2 Å². The van der Waals surface area contributed by atoms with E-state index in [0.29, 0.717) is 22.4 Å². The van der Waals surface area contributed by atoms with Crippen LogP contribution in [0.3, 0.4) is 0 Å². The molecule has 2 fully saturated rings. The fourth-order valence-electron chi connectivity index (χ4n) is 9.95. The first-order chi connectivity index (χ1) is 38.6. The summed E-state index contributed by atoms with van der Waals surface area (Å²) in [5, 5.41) is 14.2. The summed E-state index contributed by atoms with van der Waals surface area (Å²) in [6.45, 7) is 1.13. The van der Waals surface area contributed by atoms with Crippen LogP contribution < -0.4 is 25.8 Å². The minimum atomic E-state index is -4.83. The quantitative estimate of drug-likeness (QED) is 0.0785. The monoisotopic (exact) mass is 1080 g/mol. The van der Waals surface area contributed by atoms with Crippen molar-refractivity contribution in [3.63, 3.8) is 0 Å². The van der Waals surface area contributed by atoms with Gasteiger partial charge in [-0.1, -0.05) is 60.1 Å². The van der Waals surface area contributed by atoms with Gasteiger partial charge in [0.05, 0.1) is 38.8 Å². The number of hydrogen-bond donors (Lipinski definition) is 3. The average molecular weight is 1070 g/mol. The van der Waals surface area contributed by atoms with Gasteiger partial charge in [-0.05, 0) is 73.6 Å². The predicted octanol–water partition coefficient (Wildman–Crippen LogP) is -0.578. The number of urea groups is 2. The molecule has 3 heterocycles. The maximum atomic E-state index is 14.5. The molecule has 0 spiro atoms. The summed E-state index contributed by atoms with van der Waals surface area (Å²) >= 11 is 0. The number of ether oxygens (including phenoxy) is 1. The van der Waals surface area contributed by atoms with Crippen molar-refractivity contribution >= 4 is 173 Å². The SMILES string of the molecule is CCN1C(=O)Nc2cc(Cn3cnccc3=O)ccc2C1(C#CC1CC1)C(F)(F)F.COc1ccc(CN2C(=O)NC(C#CC3CC3)(C(F)(F)F)c3ccc(CO)cc32)cc1.[B][B]B(B([B])[B])B(B(B([B])[B])B([B])[B])B(B([B])[B])B([B])[B]. The molecule has 0 saturated heterocycles. The van der Waals surface area contributed by atoms with Gasteiger partial charge in [0.1, 0.15) is 5.75 Å². The van der Waals surface area contributed by atoms with Crippen molar-refractivity contribution in [3.05, 3.63) is 117 Å². The Kier molecular flexibility index (Phi) is 22.3. The first-order valence-corrected chi connectivity index (χ1v) is 26.1. The highest BCUT2D eigenvalue weighted by atomic mass is 19.4. The van der Waals surface area contributed by atoms with E-state index in [1.165, 1.54) is 85.6 Å². The number of fused-ring (bicyclic) bond motifs is 2. The van der Waals surface area contributed by atoms with Crippen molar-refractivity contribution in [1.82, 2.24) is 19.8 Å². The lowest BCUT2D eigenvalue weighted by molar-refractivity contribution is -0.206. The maximum Gasteiger partial charge on any atom is 0.427 e. The second-order valence-corrected chi connectivity index (χ2v) is 20.4. The first kappa shape index (κ1) is 66.0. The van der Waals surface area contributed by atoms with Crippen molar-refractivity contribution in [2.45, 2.75) is 75.7 Å². The van der Waals surface area contributed by atoms with E-state index in [-0.39, 0.29) is 66.1 Å². The number of nitrogens with zero attached hydrogens (tertiary/aromatic N) is 4. The number of benzene rings is 3. The number of alkyl halides is 6. The number of amides is 4. The second-order valence-electron chi connectivity index (χ2n) is 20.4. The molecule has 4 aromatic rings. The standard InChI is InChI=1S/C23H21F3N2O3.C21H19F3N4O2.B21/c1-31-18-7-4-16(5-8-18)13-28-20-12-17(14-29)6-9-19(20)22(23(24,25)26,27-21(28)30)11-10-15-2-3-15;1-2-28-19(30)26-17-11-15(12-27-13-25-10-8-18(27)29)5-6-16(17)20(28,21(22,23)24)9-7-14-3-4-14;1-12-18(13(2)3)21(19(14(4)5)15(6)7)20(16(8)9)17(10)11/h4-9,12,15,29H,2-3,13-14H2,1H3,(H,27,30);5-6,8,10-11,13-14H,2-4,12H2,1H3,(H,26,30);. The molecule has 3 N–H and O–H groups in total. The van der Waals surface area contributed by atoms with Gasteiger partial charge in [0.25, 0.3) is 5.56 Å². The Morgan fingerprint density at radius 3 is 1.73 bits per heavy atom. The molecule has 23 radical (unpaired) electrons. The molecule has 1 aromatic heterocycles. The molecule has 4 aliphatic rings. The zero-order valence-electron chi connectivity index (χ0n) is 45.1. The highest BCUT2D eigenvalue weighted by Crippen LogP contribution is 2.50. The average Bonchev–Trinajstić information content (AvgIpc) is 1.36. The van der Waals surface area contributed by atoms with Gasteiger partial charge in [0.15, 0.2) is 0 Å². The van der Waals surface area contributed by atoms with Crippen LogP contribution >= 0.6 is 0 Å². The number of rotatable bonds is 16. The van der Waals surface area contributed by atoms with Crippen molar-refractivity contribution in [2.24, 2.45) is 11.8 Å². The van der Waals surface area contributed by atoms with E-state index in [1.807, 2.05) is 0 Å². The number of carbonyl (C=O) groups is 2. The zero-order valence-corrected chi connectivity index (χ0v) is 45.1. The first-order valence-electron chi connectivity index (χ1n) is 26.1. The topological polar surface area (TPSA) is 129 Å². The molecule has 2 atom stereocenters. The van der Waals surface area contributed by atoms with Crippen LogP contribution in [0.4, 0.5) is 47.3 Å². The van der Waals surface area contributed by atoms with Gasteiger partial charge < -0.3 is 20.5 Å². The Hall–Kier alpha value is -5.10. The molecule has 3 aromatic carbocycles. The molecule has 4 amide bonds. The molecular formula is C44H40B21F6N6O5. The van der Waals surface area contributed by atoms with Gasteiger partial charge in [0, 0.05) is 197 Å². The highest BCUT2D eigenvalue weighted by Gasteiger charge is 2.64. The molecule has 38 heteroatoms. The number of aliphatic hydroxyl groups is 1. The fourth-order valence-corrected chi connectivity index (χ4v) is 9.95. The Labute approximate surface area is 494 Å². The molecule has 0 bridgehead atoms. The van der Waals surface area contributed by atoms with E-state index in [2.05, 4.69) is 39.3 Å². The third-order valence-electron chi connectivity index (χ3n) is 14.5. The summed E-state index contributed by atoms with van der Waals surface area (Å²) < 4.78 is 92.9. The van der Waals surface area contributed by atoms with Crippen LogP contribution in [0.5, 0.6) is 5.75 Å². The van der Waals surface area contributed by atoms with Crippen LogP contribution in [0.1, 0.15) is 60.4 Å². The van der Waals surface area contributed by atoms with E-state index in [9.17, 15) is 45.8 Å². The number of aliphatic hydroxyl groups excluding tert-OH is 1. The summed E-state index contributed by atoms with van der Waals surface area (Å²) in [5.74, 6) is 10.7. The number of hydrogen-bond acceptors (Lipinski definition) is 6. The lowest BCUT2D eigenvalue weighted by Gasteiger charge is -2.45. The van der Waals surface area contributed by atoms with Crippen LogP contribution in [0, 0.1) is 35.5 Å². The third kappa shape index (κ3) is 15.0. The summed E-state index contributed by atoms with van der Waals surface area (Å²) in [6, 6.07) is 14.9. The molecule has 2 aliphatic heterocycles. The van der Waals surface area contributed by atoms with E-state index >= 15 is 0 Å². The molecule has 82 heavy (non-hydrogen) atoms. The third-order valence-corrected chi connectivity index (χ3v) is 14.5. The number of carbonyl (C=O) groups excluding carboxylic acids is 2. The van der Waals surface area contributed by atoms with Crippen molar-refractivity contribution in [1.29, 1.82) is 0 Å². The van der Waals surface area contributed by atoms with Gasteiger partial charge in [-0.15, -0.1) is 0 Å². The van der Waals surface area contributed by atoms with Crippen molar-refractivity contribution in [3.8, 4) is 29.4 Å². The lowest BCUT2D eigenvalue weighted by Crippen LogP contribution is -2.81. The number of nitrogens with one attached hydrogen (secondary N) is 2. The van der Waals surface area contributed by atoms with Gasteiger partial charge in [-0.2, -0.15) is 26.3 Å². The van der Waals surface area contributed by atoms with Crippen LogP contribution in [0.25, 0.3) is 0 Å². The molecule has 2 saturated carbocycles. The predicted molar refractivity (Wildman–Crippen MR) is 333 cm³/mol. The Bertz CT molecular complexity index is 3040. The fraction of sp³-hybridized carbons (Fsp3) is 0.364. The molecule has 11 nitrogen and oxygen atoms in total. The lowest BCUT2D eigenvalue weighted by atomic mass is 8.38. The van der Waals surface area contributed by atoms with Crippen molar-refractivity contribution < 1.29 is 45.8 Å². The molecule has 2 unspecified atom stereocenters. The van der Waals surface area contributed by atoms with Crippen molar-refractivity contribution in [2.75, 3.05) is 23.9 Å². The molecule has 2 aliphatic carbocycles. The Morgan fingerprint density at radius 2 is 1.26 bits per heavy atom. The summed E-state index contributed by atoms with van der Waals surface area (Å²) in [7, 11) is 66.3. The van der Waals surface area contributed by atoms with E-state index < -0.39 is 93.0 Å². The second kappa shape index (κ2) is 27.7. The minimum Gasteiger partial charge on any atom is -0.497 e. The van der Waals surface area contributed by atoms with Gasteiger partial charge >= 0.3 is 24.4 Å². The van der Waals surface area contributed by atoms with Crippen LogP contribution in [-0.4, -0.2) is 207 Å². The minimum absolute atomic E-state index is 0.0431. The number of halogens is 6.